The van der Waals surface area contributed by atoms with Gasteiger partial charge in [-0.2, -0.15) is 0 Å². The van der Waals surface area contributed by atoms with Crippen molar-refractivity contribution in [2.45, 2.75) is 53.1 Å². The molecule has 0 aliphatic carbocycles. The molecule has 0 saturated carbocycles. The zero-order valence-corrected chi connectivity index (χ0v) is 13.3. The van der Waals surface area contributed by atoms with Gasteiger partial charge in [0.1, 0.15) is 0 Å². The maximum atomic E-state index is 11.0. The first kappa shape index (κ1) is 17.8. The lowest BCUT2D eigenvalue weighted by Gasteiger charge is -2.22. The van der Waals surface area contributed by atoms with Gasteiger partial charge in [-0.1, -0.05) is 26.0 Å². The third kappa shape index (κ3) is 6.03. The maximum absolute atomic E-state index is 11.0. The Bertz CT molecular complexity index is 454. The number of para-hydroxylation sites is 2. The zero-order chi connectivity index (χ0) is 16.5. The monoisotopic (exact) mass is 310 g/mol. The van der Waals surface area contributed by atoms with E-state index in [4.69, 9.17) is 18.9 Å². The fraction of sp³-hybridized carbons (Fsp3) is 0.500. The first-order valence-electron chi connectivity index (χ1n) is 7.23. The molecule has 0 aromatic heterocycles. The fourth-order valence-corrected chi connectivity index (χ4v) is 1.68. The van der Waals surface area contributed by atoms with Crippen LogP contribution in [-0.4, -0.2) is 24.5 Å². The van der Waals surface area contributed by atoms with Crippen LogP contribution in [-0.2, 0) is 19.1 Å². The molecule has 0 spiro atoms. The highest BCUT2D eigenvalue weighted by molar-refractivity contribution is 5.66. The molecule has 1 aromatic carbocycles. The molecule has 122 valence electrons. The first-order valence-corrected chi connectivity index (χ1v) is 7.23. The number of benzene rings is 1. The predicted molar refractivity (Wildman–Crippen MR) is 79.4 cm³/mol. The van der Waals surface area contributed by atoms with Gasteiger partial charge in [0.15, 0.2) is 11.5 Å². The minimum Gasteiger partial charge on any atom is -0.451 e. The topological polar surface area (TPSA) is 71.1 Å². The Morgan fingerprint density at radius 3 is 1.50 bits per heavy atom. The highest BCUT2D eigenvalue weighted by Crippen LogP contribution is 2.29. The van der Waals surface area contributed by atoms with Gasteiger partial charge in [0.25, 0.3) is 0 Å². The van der Waals surface area contributed by atoms with E-state index >= 15 is 0 Å². The second-order valence-electron chi connectivity index (χ2n) is 4.58. The van der Waals surface area contributed by atoms with Gasteiger partial charge in [-0.3, -0.25) is 9.59 Å². The van der Waals surface area contributed by atoms with E-state index in [-0.39, 0.29) is 0 Å². The first-order chi connectivity index (χ1) is 10.5. The lowest BCUT2D eigenvalue weighted by molar-refractivity contribution is -0.165. The van der Waals surface area contributed by atoms with E-state index < -0.39 is 24.5 Å². The van der Waals surface area contributed by atoms with Crippen LogP contribution in [0.1, 0.15) is 40.5 Å². The number of hydrogen-bond acceptors (Lipinski definition) is 6. The van der Waals surface area contributed by atoms with Crippen molar-refractivity contribution < 1.29 is 28.5 Å². The van der Waals surface area contributed by atoms with Crippen molar-refractivity contribution in [3.05, 3.63) is 24.3 Å². The van der Waals surface area contributed by atoms with Crippen molar-refractivity contribution in [1.29, 1.82) is 0 Å². The van der Waals surface area contributed by atoms with Crippen LogP contribution in [0, 0.1) is 0 Å². The molecule has 0 heterocycles. The lowest BCUT2D eigenvalue weighted by atomic mass is 10.3. The van der Waals surface area contributed by atoms with Gasteiger partial charge in [0.2, 0.25) is 12.6 Å². The van der Waals surface area contributed by atoms with E-state index in [9.17, 15) is 9.59 Å². The van der Waals surface area contributed by atoms with Crippen LogP contribution in [0.4, 0.5) is 0 Å². The molecule has 0 radical (unpaired) electrons. The second-order valence-corrected chi connectivity index (χ2v) is 4.58. The summed E-state index contributed by atoms with van der Waals surface area (Å²) in [6.45, 7) is 6.32. The minimum atomic E-state index is -0.698. The van der Waals surface area contributed by atoms with Gasteiger partial charge >= 0.3 is 11.9 Å². The number of esters is 2. The summed E-state index contributed by atoms with van der Waals surface area (Å²) in [5, 5.41) is 0. The van der Waals surface area contributed by atoms with Gasteiger partial charge in [-0.05, 0) is 12.1 Å². The van der Waals surface area contributed by atoms with Crippen LogP contribution in [0.2, 0.25) is 0 Å². The van der Waals surface area contributed by atoms with Crippen molar-refractivity contribution in [1.82, 2.24) is 0 Å². The maximum Gasteiger partial charge on any atom is 0.305 e. The summed E-state index contributed by atoms with van der Waals surface area (Å²) in [7, 11) is 0. The smallest absolute Gasteiger partial charge is 0.305 e. The van der Waals surface area contributed by atoms with Crippen LogP contribution in [0.25, 0.3) is 0 Å². The molecule has 1 rings (SSSR count). The summed E-state index contributed by atoms with van der Waals surface area (Å²) < 4.78 is 21.4. The molecule has 6 heteroatoms. The average Bonchev–Trinajstić information content (AvgIpc) is 2.46. The van der Waals surface area contributed by atoms with Crippen LogP contribution in [0.15, 0.2) is 24.3 Å². The Balaban J connectivity index is 2.83. The molecule has 0 N–H and O–H groups in total. The Morgan fingerprint density at radius 2 is 1.23 bits per heavy atom. The largest absolute Gasteiger partial charge is 0.451 e. The highest BCUT2D eigenvalue weighted by Gasteiger charge is 2.17. The van der Waals surface area contributed by atoms with Crippen molar-refractivity contribution in [3.63, 3.8) is 0 Å². The molecule has 6 nitrogen and oxygen atoms in total. The molecule has 0 bridgehead atoms. The van der Waals surface area contributed by atoms with Gasteiger partial charge in [-0.15, -0.1) is 0 Å². The Kier molecular flexibility index (Phi) is 7.22. The molecule has 0 fully saturated rings. The van der Waals surface area contributed by atoms with Crippen LogP contribution in [0.5, 0.6) is 11.5 Å². The standard InChI is InChI=1S/C16H22O6/c1-5-15(19-11(3)17)21-13-9-7-8-10-14(13)22-16(6-2)20-12(4)18/h7-10,15-16H,5-6H2,1-4H3. The van der Waals surface area contributed by atoms with E-state index in [0.29, 0.717) is 24.3 Å². The minimum absolute atomic E-state index is 0.418. The number of carbonyl (C=O) groups excluding carboxylic acids is 2. The Morgan fingerprint density at radius 1 is 0.864 bits per heavy atom. The summed E-state index contributed by atoms with van der Waals surface area (Å²) >= 11 is 0. The van der Waals surface area contributed by atoms with Crippen LogP contribution < -0.4 is 9.47 Å². The molecule has 22 heavy (non-hydrogen) atoms. The van der Waals surface area contributed by atoms with E-state index in [1.165, 1.54) is 13.8 Å². The van der Waals surface area contributed by atoms with Crippen LogP contribution in [0.3, 0.4) is 0 Å². The Labute approximate surface area is 130 Å². The Hall–Kier alpha value is -2.24. The number of hydrogen-bond donors (Lipinski definition) is 0. The van der Waals surface area contributed by atoms with Crippen molar-refractivity contribution in [2.24, 2.45) is 0 Å². The molecule has 1 aromatic rings. The highest BCUT2D eigenvalue weighted by atomic mass is 16.7. The third-order valence-electron chi connectivity index (χ3n) is 2.63. The van der Waals surface area contributed by atoms with Crippen molar-refractivity contribution in [3.8, 4) is 11.5 Å². The SMILES string of the molecule is CCC(OC(C)=O)Oc1ccccc1OC(CC)OC(C)=O. The number of carbonyl (C=O) groups is 2. The summed E-state index contributed by atoms with van der Waals surface area (Å²) in [4.78, 5) is 22.1. The molecule has 0 saturated heterocycles. The summed E-state index contributed by atoms with van der Waals surface area (Å²) in [6, 6.07) is 6.94. The third-order valence-corrected chi connectivity index (χ3v) is 2.63. The van der Waals surface area contributed by atoms with E-state index in [0.717, 1.165) is 0 Å². The van der Waals surface area contributed by atoms with Gasteiger partial charge < -0.3 is 18.9 Å². The molecular formula is C16H22O6. The molecule has 0 amide bonds. The van der Waals surface area contributed by atoms with Gasteiger partial charge in [0, 0.05) is 26.7 Å². The summed E-state index contributed by atoms with van der Waals surface area (Å²) in [6.07, 6.45) is -0.406. The molecule has 2 unspecified atom stereocenters. The molecule has 2 atom stereocenters. The quantitative estimate of drug-likeness (QED) is 0.543. The lowest BCUT2D eigenvalue weighted by Crippen LogP contribution is -2.24. The van der Waals surface area contributed by atoms with Crippen LogP contribution >= 0.6 is 0 Å². The number of ether oxygens (including phenoxy) is 4. The average molecular weight is 310 g/mol. The molecular weight excluding hydrogens is 288 g/mol. The number of rotatable bonds is 8. The summed E-state index contributed by atoms with van der Waals surface area (Å²) in [5.41, 5.74) is 0. The van der Waals surface area contributed by atoms with Gasteiger partial charge in [-0.25, -0.2) is 0 Å². The molecule has 0 aliphatic rings. The molecule has 0 aliphatic heterocycles. The van der Waals surface area contributed by atoms with Crippen molar-refractivity contribution in [2.75, 3.05) is 0 Å². The van der Waals surface area contributed by atoms with Crippen molar-refractivity contribution >= 4 is 11.9 Å². The predicted octanol–water partition coefficient (Wildman–Crippen LogP) is 3.04. The van der Waals surface area contributed by atoms with E-state index in [1.807, 2.05) is 13.8 Å². The zero-order valence-electron chi connectivity index (χ0n) is 13.3. The van der Waals surface area contributed by atoms with Gasteiger partial charge in [0.05, 0.1) is 0 Å². The fourth-order valence-electron chi connectivity index (χ4n) is 1.68. The summed E-state index contributed by atoms with van der Waals surface area (Å²) in [5.74, 6) is -0.00408. The van der Waals surface area contributed by atoms with E-state index in [2.05, 4.69) is 0 Å². The van der Waals surface area contributed by atoms with E-state index in [1.54, 1.807) is 24.3 Å². The normalized spacial score (nSPS) is 12.9. The second kappa shape index (κ2) is 8.92.